The number of anilines is 2. The van der Waals surface area contributed by atoms with Crippen molar-refractivity contribution >= 4 is 40.5 Å². The SMILES string of the molecule is O=C(Nc1ccc(Cl)cc1)c1ccccc1NCc1nnc(-c2ccccc2Cl)o1. The molecule has 8 heteroatoms. The molecule has 0 bridgehead atoms. The summed E-state index contributed by atoms with van der Waals surface area (Å²) in [7, 11) is 0. The van der Waals surface area contributed by atoms with E-state index in [0.717, 1.165) is 0 Å². The zero-order valence-electron chi connectivity index (χ0n) is 15.6. The molecule has 0 fully saturated rings. The van der Waals surface area contributed by atoms with Gasteiger partial charge in [-0.3, -0.25) is 4.79 Å². The molecule has 0 radical (unpaired) electrons. The van der Waals surface area contributed by atoms with Crippen molar-refractivity contribution in [2.75, 3.05) is 10.6 Å². The van der Waals surface area contributed by atoms with E-state index in [0.29, 0.717) is 44.3 Å². The van der Waals surface area contributed by atoms with Crippen LogP contribution in [0.5, 0.6) is 0 Å². The van der Waals surface area contributed by atoms with Gasteiger partial charge in [-0.25, -0.2) is 0 Å². The Hall–Kier alpha value is -3.35. The summed E-state index contributed by atoms with van der Waals surface area (Å²) in [5.74, 6) is 0.465. The Morgan fingerprint density at radius 3 is 2.43 bits per heavy atom. The van der Waals surface area contributed by atoms with Crippen LogP contribution in [0.4, 0.5) is 11.4 Å². The minimum Gasteiger partial charge on any atom is -0.419 e. The van der Waals surface area contributed by atoms with Crippen LogP contribution in [0.15, 0.2) is 77.2 Å². The molecule has 6 nitrogen and oxygen atoms in total. The Kier molecular flexibility index (Phi) is 5.97. The van der Waals surface area contributed by atoms with Crippen molar-refractivity contribution in [1.82, 2.24) is 10.2 Å². The minimum atomic E-state index is -0.247. The zero-order valence-corrected chi connectivity index (χ0v) is 17.1. The van der Waals surface area contributed by atoms with Crippen LogP contribution in [-0.4, -0.2) is 16.1 Å². The van der Waals surface area contributed by atoms with E-state index in [-0.39, 0.29) is 12.5 Å². The summed E-state index contributed by atoms with van der Waals surface area (Å²) in [6.07, 6.45) is 0. The molecule has 0 spiro atoms. The fourth-order valence-electron chi connectivity index (χ4n) is 2.81. The molecule has 0 unspecified atom stereocenters. The third kappa shape index (κ3) is 4.62. The lowest BCUT2D eigenvalue weighted by Gasteiger charge is -2.11. The van der Waals surface area contributed by atoms with Crippen LogP contribution in [-0.2, 0) is 6.54 Å². The molecule has 0 aliphatic rings. The Bertz CT molecular complexity index is 1180. The number of para-hydroxylation sites is 1. The Morgan fingerprint density at radius 2 is 1.63 bits per heavy atom. The summed E-state index contributed by atoms with van der Waals surface area (Å²) in [6, 6.07) is 21.3. The molecule has 0 saturated heterocycles. The molecule has 0 aliphatic heterocycles. The Balaban J connectivity index is 1.46. The summed E-state index contributed by atoms with van der Waals surface area (Å²) in [5.41, 5.74) is 2.45. The van der Waals surface area contributed by atoms with Gasteiger partial charge in [-0.1, -0.05) is 47.5 Å². The van der Waals surface area contributed by atoms with Crippen LogP contribution in [0, 0.1) is 0 Å². The molecule has 3 aromatic carbocycles. The quantitative estimate of drug-likeness (QED) is 0.391. The van der Waals surface area contributed by atoms with Gasteiger partial charge in [-0.2, -0.15) is 0 Å². The van der Waals surface area contributed by atoms with Crippen LogP contribution in [0.3, 0.4) is 0 Å². The monoisotopic (exact) mass is 438 g/mol. The maximum Gasteiger partial charge on any atom is 0.257 e. The van der Waals surface area contributed by atoms with E-state index < -0.39 is 0 Å². The van der Waals surface area contributed by atoms with Crippen molar-refractivity contribution < 1.29 is 9.21 Å². The molecule has 4 rings (SSSR count). The molecular formula is C22H16Cl2N4O2. The highest BCUT2D eigenvalue weighted by Crippen LogP contribution is 2.26. The number of nitrogens with one attached hydrogen (secondary N) is 2. The lowest BCUT2D eigenvalue weighted by molar-refractivity contribution is 0.102. The number of hydrogen-bond acceptors (Lipinski definition) is 5. The molecule has 30 heavy (non-hydrogen) atoms. The molecule has 0 aliphatic carbocycles. The number of halogens is 2. The van der Waals surface area contributed by atoms with Gasteiger partial charge in [-0.15, -0.1) is 10.2 Å². The van der Waals surface area contributed by atoms with Crippen LogP contribution < -0.4 is 10.6 Å². The van der Waals surface area contributed by atoms with Gasteiger partial charge >= 0.3 is 0 Å². The number of hydrogen-bond donors (Lipinski definition) is 2. The molecule has 0 saturated carbocycles. The first-order chi connectivity index (χ1) is 14.6. The van der Waals surface area contributed by atoms with Crippen LogP contribution in [0.2, 0.25) is 10.0 Å². The maximum absolute atomic E-state index is 12.7. The average molecular weight is 439 g/mol. The third-order valence-corrected chi connectivity index (χ3v) is 4.86. The topological polar surface area (TPSA) is 80.0 Å². The zero-order chi connectivity index (χ0) is 20.9. The molecule has 1 amide bonds. The number of aromatic nitrogens is 2. The number of benzene rings is 3. The van der Waals surface area contributed by atoms with Gasteiger partial charge in [0, 0.05) is 16.4 Å². The predicted octanol–water partition coefficient (Wildman–Crippen LogP) is 5.91. The summed E-state index contributed by atoms with van der Waals surface area (Å²) in [5, 5.41) is 15.3. The molecule has 1 aromatic heterocycles. The highest BCUT2D eigenvalue weighted by Gasteiger charge is 2.14. The second-order valence-corrected chi connectivity index (χ2v) is 7.18. The van der Waals surface area contributed by atoms with Gasteiger partial charge in [0.2, 0.25) is 11.8 Å². The molecule has 150 valence electrons. The van der Waals surface area contributed by atoms with Gasteiger partial charge in [0.05, 0.1) is 22.7 Å². The summed E-state index contributed by atoms with van der Waals surface area (Å²) in [6.45, 7) is 0.253. The van der Waals surface area contributed by atoms with Gasteiger partial charge in [0.1, 0.15) is 0 Å². The van der Waals surface area contributed by atoms with Crippen LogP contribution in [0.1, 0.15) is 16.2 Å². The third-order valence-electron chi connectivity index (χ3n) is 4.27. The number of nitrogens with zero attached hydrogens (tertiary/aromatic N) is 2. The first-order valence-corrected chi connectivity index (χ1v) is 9.83. The largest absolute Gasteiger partial charge is 0.419 e. The normalized spacial score (nSPS) is 10.6. The van der Waals surface area contributed by atoms with E-state index in [9.17, 15) is 4.79 Å². The van der Waals surface area contributed by atoms with Gasteiger partial charge in [0.15, 0.2) is 0 Å². The Labute approximate surface area is 182 Å². The van der Waals surface area contributed by atoms with Gasteiger partial charge in [0.25, 0.3) is 5.91 Å². The standard InChI is InChI=1S/C22H16Cl2N4O2/c23-14-9-11-15(12-10-14)26-21(29)17-6-2-4-8-19(17)25-13-20-27-28-22(30-20)16-5-1-3-7-18(16)24/h1-12,25H,13H2,(H,26,29). The molecule has 1 heterocycles. The van der Waals surface area contributed by atoms with Crippen molar-refractivity contribution in [3.8, 4) is 11.5 Å². The predicted molar refractivity (Wildman–Crippen MR) is 118 cm³/mol. The number of rotatable bonds is 6. The fraction of sp³-hybridized carbons (Fsp3) is 0.0455. The number of amides is 1. The summed E-state index contributed by atoms with van der Waals surface area (Å²) >= 11 is 12.1. The summed E-state index contributed by atoms with van der Waals surface area (Å²) in [4.78, 5) is 12.7. The van der Waals surface area contributed by atoms with Gasteiger partial charge in [-0.05, 0) is 48.5 Å². The van der Waals surface area contributed by atoms with E-state index in [1.165, 1.54) is 0 Å². The molecule has 0 atom stereocenters. The average Bonchev–Trinajstić information content (AvgIpc) is 3.23. The lowest BCUT2D eigenvalue weighted by Crippen LogP contribution is -2.14. The molecular weight excluding hydrogens is 423 g/mol. The van der Waals surface area contributed by atoms with Crippen LogP contribution in [0.25, 0.3) is 11.5 Å². The van der Waals surface area contributed by atoms with Crippen molar-refractivity contribution in [1.29, 1.82) is 0 Å². The minimum absolute atomic E-state index is 0.247. The van der Waals surface area contributed by atoms with E-state index >= 15 is 0 Å². The lowest BCUT2D eigenvalue weighted by atomic mass is 10.1. The first-order valence-electron chi connectivity index (χ1n) is 9.07. The fourth-order valence-corrected chi connectivity index (χ4v) is 3.15. The highest BCUT2D eigenvalue weighted by molar-refractivity contribution is 6.33. The van der Waals surface area contributed by atoms with Crippen molar-refractivity contribution in [2.24, 2.45) is 0 Å². The van der Waals surface area contributed by atoms with E-state index in [1.807, 2.05) is 30.3 Å². The second kappa shape index (κ2) is 8.98. The second-order valence-electron chi connectivity index (χ2n) is 6.34. The maximum atomic E-state index is 12.7. The number of carbonyl (C=O) groups is 1. The van der Waals surface area contributed by atoms with Crippen LogP contribution >= 0.6 is 23.2 Å². The first kappa shape index (κ1) is 19.9. The number of carbonyl (C=O) groups excluding carboxylic acids is 1. The molecule has 4 aromatic rings. The van der Waals surface area contributed by atoms with Gasteiger partial charge < -0.3 is 15.1 Å². The Morgan fingerprint density at radius 1 is 0.900 bits per heavy atom. The van der Waals surface area contributed by atoms with E-state index in [4.69, 9.17) is 27.6 Å². The van der Waals surface area contributed by atoms with Crippen molar-refractivity contribution in [3.63, 3.8) is 0 Å². The van der Waals surface area contributed by atoms with Crippen molar-refractivity contribution in [3.05, 3.63) is 94.3 Å². The summed E-state index contributed by atoms with van der Waals surface area (Å²) < 4.78 is 5.70. The smallest absolute Gasteiger partial charge is 0.257 e. The van der Waals surface area contributed by atoms with Crippen molar-refractivity contribution in [2.45, 2.75) is 6.54 Å². The highest BCUT2D eigenvalue weighted by atomic mass is 35.5. The van der Waals surface area contributed by atoms with E-state index in [1.54, 1.807) is 42.5 Å². The molecule has 2 N–H and O–H groups in total. The van der Waals surface area contributed by atoms with E-state index in [2.05, 4.69) is 20.8 Å².